The van der Waals surface area contributed by atoms with Crippen LogP contribution in [0.15, 0.2) is 91.0 Å². The quantitative estimate of drug-likeness (QED) is 0.138. The van der Waals surface area contributed by atoms with Gasteiger partial charge in [-0.05, 0) is 123 Å². The minimum atomic E-state index is -0.499. The molecule has 3 aliphatic heterocycles. The highest BCUT2D eigenvalue weighted by molar-refractivity contribution is 6.13. The molecule has 0 unspecified atom stereocenters. The van der Waals surface area contributed by atoms with Crippen LogP contribution in [-0.2, 0) is 56.0 Å². The molecule has 13 nitrogen and oxygen atoms in total. The first kappa shape index (κ1) is 46.9. The predicted octanol–water partition coefficient (Wildman–Crippen LogP) is 8.16. The number of fused-ring (bicyclic) bond motifs is 2. The van der Waals surface area contributed by atoms with Crippen molar-refractivity contribution in [1.29, 1.82) is 5.26 Å². The van der Waals surface area contributed by atoms with Gasteiger partial charge in [-0.25, -0.2) is 4.39 Å². The summed E-state index contributed by atoms with van der Waals surface area (Å²) in [7, 11) is 3.66. The van der Waals surface area contributed by atoms with Crippen molar-refractivity contribution in [2.45, 2.75) is 72.2 Å². The fourth-order valence-electron chi connectivity index (χ4n) is 10.0. The predicted molar refractivity (Wildman–Crippen MR) is 261 cm³/mol. The van der Waals surface area contributed by atoms with E-state index in [1.165, 1.54) is 23.8 Å². The fourth-order valence-corrected chi connectivity index (χ4v) is 10.0. The minimum Gasteiger partial charge on any atom is -0.508 e. The molecule has 14 heteroatoms. The summed E-state index contributed by atoms with van der Waals surface area (Å²) in [6, 6.07) is 28.8. The zero-order valence-corrected chi connectivity index (χ0v) is 40.1. The number of aromatic nitrogens is 2. The smallest absolute Gasteiger partial charge is 0.264 e. The van der Waals surface area contributed by atoms with Crippen LogP contribution in [0, 0.1) is 31.0 Å². The number of carbonyl (C=O) groups excluding carboxylic acids is 3. The number of hydrogen-bond donors (Lipinski definition) is 1. The number of phenols is 1. The van der Waals surface area contributed by atoms with Crippen LogP contribution in [0.4, 0.5) is 15.8 Å². The van der Waals surface area contributed by atoms with E-state index in [0.29, 0.717) is 102 Å². The fraction of sp³-hybridized carbons (Fsp3) is 0.345. The number of amides is 3. The van der Waals surface area contributed by atoms with Crippen LogP contribution in [0.5, 0.6) is 11.5 Å². The lowest BCUT2D eigenvalue weighted by molar-refractivity contribution is -0.131. The molecule has 356 valence electrons. The molecular weight excluding hydrogens is 874 g/mol. The molecule has 3 aliphatic rings. The normalized spacial score (nSPS) is 17.0. The average molecular weight is 932 g/mol. The molecule has 69 heavy (non-hydrogen) atoms. The van der Waals surface area contributed by atoms with Crippen LogP contribution < -0.4 is 9.64 Å². The van der Waals surface area contributed by atoms with E-state index in [1.54, 1.807) is 51.7 Å². The van der Waals surface area contributed by atoms with E-state index in [0.717, 1.165) is 29.8 Å². The Labute approximate surface area is 402 Å². The maximum atomic E-state index is 15.5. The van der Waals surface area contributed by atoms with E-state index >= 15 is 14.0 Å². The molecule has 9 rings (SSSR count). The molecule has 0 radical (unpaired) electrons. The van der Waals surface area contributed by atoms with Gasteiger partial charge in [0.1, 0.15) is 35.7 Å². The number of morpholine rings is 1. The number of hydrogen-bond acceptors (Lipinski definition) is 8. The van der Waals surface area contributed by atoms with E-state index in [1.807, 2.05) is 67.6 Å². The topological polar surface area (TPSA) is 137 Å². The van der Waals surface area contributed by atoms with Gasteiger partial charge in [-0.2, -0.15) is 5.26 Å². The van der Waals surface area contributed by atoms with E-state index in [-0.39, 0.29) is 54.1 Å². The monoisotopic (exact) mass is 931 g/mol. The van der Waals surface area contributed by atoms with Crippen molar-refractivity contribution in [2.24, 2.45) is 14.1 Å². The van der Waals surface area contributed by atoms with Crippen molar-refractivity contribution < 1.29 is 33.4 Å². The Morgan fingerprint density at radius 3 is 2.36 bits per heavy atom. The molecule has 0 bridgehead atoms. The number of rotatable bonds is 11. The van der Waals surface area contributed by atoms with E-state index < -0.39 is 5.82 Å². The van der Waals surface area contributed by atoms with Crippen LogP contribution in [0.3, 0.4) is 0 Å². The molecule has 0 saturated carbocycles. The molecule has 1 N–H and O–H groups in total. The lowest BCUT2D eigenvalue weighted by Crippen LogP contribution is -2.43. The van der Waals surface area contributed by atoms with Crippen LogP contribution in [0.2, 0.25) is 0 Å². The van der Waals surface area contributed by atoms with Crippen molar-refractivity contribution in [2.75, 3.05) is 44.3 Å². The van der Waals surface area contributed by atoms with Crippen LogP contribution in [-0.4, -0.2) is 98.2 Å². The van der Waals surface area contributed by atoms with Gasteiger partial charge in [0.05, 0.1) is 30.4 Å². The first-order valence-electron chi connectivity index (χ1n) is 23.6. The first-order chi connectivity index (χ1) is 33.2. The van der Waals surface area contributed by atoms with Gasteiger partial charge in [0.2, 0.25) is 5.91 Å². The number of nitriles is 1. The van der Waals surface area contributed by atoms with Crippen molar-refractivity contribution in [3.8, 4) is 28.8 Å². The lowest BCUT2D eigenvalue weighted by Gasteiger charge is -2.36. The van der Waals surface area contributed by atoms with Gasteiger partial charge in [0, 0.05) is 99.4 Å². The Bertz CT molecular complexity index is 3010. The molecule has 6 aromatic rings. The SMILES string of the molecule is Cc1c(N(C(=O)c2cc(-c3cc4c(cc3C(=O)N3Cc5ccccc5C[C@H]3C)CN(C(=O)Cc3ccc(OCCN5CCO[C@@H](C)C5)cc3F)CC4)n(C)c2C)c2ccc(O)cc2)cc(C#N)n1C. The highest BCUT2D eigenvalue weighted by atomic mass is 19.1. The molecule has 4 aromatic carbocycles. The van der Waals surface area contributed by atoms with Crippen molar-refractivity contribution in [1.82, 2.24) is 23.8 Å². The van der Waals surface area contributed by atoms with E-state index in [2.05, 4.69) is 30.0 Å². The lowest BCUT2D eigenvalue weighted by atomic mass is 9.89. The van der Waals surface area contributed by atoms with Crippen LogP contribution in [0.25, 0.3) is 11.3 Å². The van der Waals surface area contributed by atoms with Gasteiger partial charge >= 0.3 is 0 Å². The third-order valence-corrected chi connectivity index (χ3v) is 14.3. The number of anilines is 2. The summed E-state index contributed by atoms with van der Waals surface area (Å²) in [5.74, 6) is -0.773. The summed E-state index contributed by atoms with van der Waals surface area (Å²) in [6.45, 7) is 12.3. The first-order valence-corrected chi connectivity index (χ1v) is 23.6. The third kappa shape index (κ3) is 9.36. The van der Waals surface area contributed by atoms with Crippen molar-refractivity contribution >= 4 is 29.1 Å². The van der Waals surface area contributed by atoms with Gasteiger partial charge < -0.3 is 33.5 Å². The number of phenolic OH excluding ortho intramolecular Hbond substituents is 1. The van der Waals surface area contributed by atoms with Gasteiger partial charge in [-0.1, -0.05) is 30.3 Å². The Morgan fingerprint density at radius 2 is 1.64 bits per heavy atom. The minimum absolute atomic E-state index is 0.0469. The maximum Gasteiger partial charge on any atom is 0.264 e. The number of aromatic hydroxyl groups is 1. The molecule has 1 fully saturated rings. The van der Waals surface area contributed by atoms with Crippen LogP contribution in [0.1, 0.15) is 79.5 Å². The molecule has 0 aliphatic carbocycles. The van der Waals surface area contributed by atoms with Crippen molar-refractivity contribution in [3.05, 3.63) is 153 Å². The number of halogens is 1. The third-order valence-electron chi connectivity index (χ3n) is 14.3. The molecule has 2 aromatic heterocycles. The average Bonchev–Trinajstić information content (AvgIpc) is 3.80. The summed E-state index contributed by atoms with van der Waals surface area (Å²) in [5.41, 5.74) is 9.33. The zero-order chi connectivity index (χ0) is 48.7. The molecule has 1 saturated heterocycles. The van der Waals surface area contributed by atoms with Gasteiger partial charge in [-0.15, -0.1) is 0 Å². The molecule has 3 amide bonds. The Balaban J connectivity index is 1.02. The standard InChI is InChI=1S/C55H58FN7O6/c1-34-23-38-9-7-8-10-41(38)33-62(34)54(66)49-25-42-32-61(53(65)26-40-11-16-46(28-50(40)56)69-22-20-60-19-21-68-35(2)31-60)18-17-39(42)24-48(49)52-29-47(36(3)59(52)6)55(67)63(43-12-14-45(64)15-13-43)51-27-44(30-57)58(5)37(51)4/h7-16,24-25,27-29,34-35,64H,17-23,26,31-33H2,1-6H3/t34-,35+/m1/s1. The summed E-state index contributed by atoms with van der Waals surface area (Å²) >= 11 is 0. The summed E-state index contributed by atoms with van der Waals surface area (Å²) in [4.78, 5) is 51.6. The zero-order valence-electron chi connectivity index (χ0n) is 40.1. The molecular formula is C55H58FN7O6. The second kappa shape index (κ2) is 19.4. The number of carbonyl (C=O) groups is 3. The summed E-state index contributed by atoms with van der Waals surface area (Å²) < 4.78 is 30.7. The summed E-state index contributed by atoms with van der Waals surface area (Å²) in [5, 5.41) is 20.1. The maximum absolute atomic E-state index is 15.5. The number of nitrogens with zero attached hydrogens (tertiary/aromatic N) is 7. The molecule has 2 atom stereocenters. The Kier molecular flexibility index (Phi) is 13.2. The van der Waals surface area contributed by atoms with Gasteiger partial charge in [0.15, 0.2) is 0 Å². The number of ether oxygens (including phenoxy) is 2. The second-order valence-electron chi connectivity index (χ2n) is 18.7. The van der Waals surface area contributed by atoms with Crippen LogP contribution >= 0.6 is 0 Å². The Morgan fingerprint density at radius 1 is 0.870 bits per heavy atom. The van der Waals surface area contributed by atoms with Crippen molar-refractivity contribution in [3.63, 3.8) is 0 Å². The number of benzene rings is 4. The highest BCUT2D eigenvalue weighted by Gasteiger charge is 2.34. The largest absolute Gasteiger partial charge is 0.508 e. The Hall–Kier alpha value is -7.21. The molecule has 5 heterocycles. The van der Waals surface area contributed by atoms with E-state index in [4.69, 9.17) is 9.47 Å². The molecule has 0 spiro atoms. The van der Waals surface area contributed by atoms with Gasteiger partial charge in [0.25, 0.3) is 11.8 Å². The van der Waals surface area contributed by atoms with Gasteiger partial charge in [-0.3, -0.25) is 24.2 Å². The van der Waals surface area contributed by atoms with E-state index in [9.17, 15) is 15.2 Å². The second-order valence-corrected chi connectivity index (χ2v) is 18.7. The summed E-state index contributed by atoms with van der Waals surface area (Å²) in [6.07, 6.45) is 1.25. The highest BCUT2D eigenvalue weighted by Crippen LogP contribution is 2.38.